The fourth-order valence-electron chi connectivity index (χ4n) is 3.20. The van der Waals surface area contributed by atoms with Crippen LogP contribution in [-0.2, 0) is 11.2 Å². The van der Waals surface area contributed by atoms with E-state index in [0.29, 0.717) is 29.2 Å². The molecule has 3 rings (SSSR count). The van der Waals surface area contributed by atoms with Crippen molar-refractivity contribution >= 4 is 52.1 Å². The van der Waals surface area contributed by atoms with Crippen LogP contribution >= 0.6 is 23.8 Å². The molecule has 0 atom stereocenters. The molecule has 0 fully saturated rings. The van der Waals surface area contributed by atoms with Gasteiger partial charge in [-0.05, 0) is 73.6 Å². The van der Waals surface area contributed by atoms with Gasteiger partial charge >= 0.3 is 0 Å². The van der Waals surface area contributed by atoms with E-state index in [1.165, 1.54) is 0 Å². The Kier molecular flexibility index (Phi) is 8.36. The standard InChI is InChI=1S/C25H24ClN3O2S/c1-2-29(21-9-4-3-5-10-21)24(31)19-12-15-20(16-13-19)27-25(32)28-23(30)17-14-18-8-6-7-11-22(18)26/h3-13,15-16H,2,14,17H2,1H3,(H2,27,28,30,32). The second kappa shape index (κ2) is 11.4. The van der Waals surface area contributed by atoms with E-state index in [1.54, 1.807) is 35.2 Å². The molecule has 3 aromatic carbocycles. The highest BCUT2D eigenvalue weighted by atomic mass is 35.5. The van der Waals surface area contributed by atoms with Crippen molar-refractivity contribution in [1.29, 1.82) is 0 Å². The zero-order chi connectivity index (χ0) is 22.9. The third-order valence-corrected chi connectivity index (χ3v) is 5.42. The minimum absolute atomic E-state index is 0.0827. The van der Waals surface area contributed by atoms with Crippen LogP contribution in [0.4, 0.5) is 11.4 Å². The molecular weight excluding hydrogens is 442 g/mol. The fraction of sp³-hybridized carbons (Fsp3) is 0.160. The number of hydrogen-bond acceptors (Lipinski definition) is 3. The van der Waals surface area contributed by atoms with Crippen LogP contribution in [-0.4, -0.2) is 23.5 Å². The van der Waals surface area contributed by atoms with E-state index in [9.17, 15) is 9.59 Å². The normalized spacial score (nSPS) is 10.3. The predicted octanol–water partition coefficient (Wildman–Crippen LogP) is 5.45. The summed E-state index contributed by atoms with van der Waals surface area (Å²) in [7, 11) is 0. The molecule has 0 aromatic heterocycles. The van der Waals surface area contributed by atoms with E-state index >= 15 is 0 Å². The lowest BCUT2D eigenvalue weighted by atomic mass is 10.1. The second-order valence-corrected chi connectivity index (χ2v) is 7.87. The third kappa shape index (κ3) is 6.39. The van der Waals surface area contributed by atoms with Gasteiger partial charge in [0, 0.05) is 34.9 Å². The number of para-hydroxylation sites is 1. The van der Waals surface area contributed by atoms with Gasteiger partial charge in [-0.3, -0.25) is 9.59 Å². The molecule has 5 nitrogen and oxygen atoms in total. The Morgan fingerprint density at radius 2 is 1.59 bits per heavy atom. The molecular formula is C25H24ClN3O2S. The quantitative estimate of drug-likeness (QED) is 0.455. The Balaban J connectivity index is 1.53. The van der Waals surface area contributed by atoms with Crippen LogP contribution in [0.3, 0.4) is 0 Å². The van der Waals surface area contributed by atoms with Crippen molar-refractivity contribution in [2.45, 2.75) is 19.8 Å². The molecule has 164 valence electrons. The van der Waals surface area contributed by atoms with Gasteiger partial charge in [-0.25, -0.2) is 0 Å². The lowest BCUT2D eigenvalue weighted by Gasteiger charge is -2.21. The number of amides is 2. The van der Waals surface area contributed by atoms with Crippen molar-refractivity contribution in [2.24, 2.45) is 0 Å². The van der Waals surface area contributed by atoms with E-state index < -0.39 is 0 Å². The Hall–Kier alpha value is -3.22. The van der Waals surface area contributed by atoms with Gasteiger partial charge in [0.2, 0.25) is 5.91 Å². The molecule has 0 saturated carbocycles. The van der Waals surface area contributed by atoms with Gasteiger partial charge in [0.15, 0.2) is 5.11 Å². The number of carbonyl (C=O) groups is 2. The Morgan fingerprint density at radius 3 is 2.25 bits per heavy atom. The van der Waals surface area contributed by atoms with Gasteiger partial charge in [-0.15, -0.1) is 0 Å². The van der Waals surface area contributed by atoms with E-state index in [2.05, 4.69) is 10.6 Å². The van der Waals surface area contributed by atoms with Gasteiger partial charge in [-0.1, -0.05) is 48.0 Å². The number of aryl methyl sites for hydroxylation is 1. The van der Waals surface area contributed by atoms with Crippen molar-refractivity contribution in [2.75, 3.05) is 16.8 Å². The number of hydrogen-bond donors (Lipinski definition) is 2. The summed E-state index contributed by atoms with van der Waals surface area (Å²) < 4.78 is 0. The summed E-state index contributed by atoms with van der Waals surface area (Å²) >= 11 is 11.4. The number of nitrogens with zero attached hydrogens (tertiary/aromatic N) is 1. The van der Waals surface area contributed by atoms with Gasteiger partial charge in [0.1, 0.15) is 0 Å². The van der Waals surface area contributed by atoms with Gasteiger partial charge in [0.25, 0.3) is 5.91 Å². The average Bonchev–Trinajstić information content (AvgIpc) is 2.80. The Morgan fingerprint density at radius 1 is 0.938 bits per heavy atom. The van der Waals surface area contributed by atoms with Crippen LogP contribution in [0.15, 0.2) is 78.9 Å². The van der Waals surface area contributed by atoms with E-state index in [4.69, 9.17) is 23.8 Å². The first-order valence-corrected chi connectivity index (χ1v) is 11.1. The molecule has 2 amide bonds. The van der Waals surface area contributed by atoms with Crippen LogP contribution in [0.5, 0.6) is 0 Å². The van der Waals surface area contributed by atoms with Crippen molar-refractivity contribution < 1.29 is 9.59 Å². The number of rotatable bonds is 7. The van der Waals surface area contributed by atoms with Crippen LogP contribution in [0.25, 0.3) is 0 Å². The maximum absolute atomic E-state index is 12.9. The van der Waals surface area contributed by atoms with Gasteiger partial charge < -0.3 is 15.5 Å². The third-order valence-electron chi connectivity index (χ3n) is 4.85. The van der Waals surface area contributed by atoms with Gasteiger partial charge in [-0.2, -0.15) is 0 Å². The van der Waals surface area contributed by atoms with E-state index in [1.807, 2.05) is 55.5 Å². The molecule has 0 spiro atoms. The van der Waals surface area contributed by atoms with Crippen molar-refractivity contribution in [3.63, 3.8) is 0 Å². The van der Waals surface area contributed by atoms with E-state index in [0.717, 1.165) is 11.3 Å². The smallest absolute Gasteiger partial charge is 0.258 e. The Labute approximate surface area is 198 Å². The second-order valence-electron chi connectivity index (χ2n) is 7.06. The first kappa shape index (κ1) is 23.4. The highest BCUT2D eigenvalue weighted by molar-refractivity contribution is 7.80. The van der Waals surface area contributed by atoms with Crippen molar-refractivity contribution in [1.82, 2.24) is 5.32 Å². The molecule has 7 heteroatoms. The molecule has 32 heavy (non-hydrogen) atoms. The number of nitrogens with one attached hydrogen (secondary N) is 2. The molecule has 0 unspecified atom stereocenters. The monoisotopic (exact) mass is 465 g/mol. The zero-order valence-corrected chi connectivity index (χ0v) is 19.2. The SMILES string of the molecule is CCN(C(=O)c1ccc(NC(=S)NC(=O)CCc2ccccc2Cl)cc1)c1ccccc1. The molecule has 0 aliphatic heterocycles. The lowest BCUT2D eigenvalue weighted by Crippen LogP contribution is -2.34. The van der Waals surface area contributed by atoms with E-state index in [-0.39, 0.29) is 23.3 Å². The molecule has 0 heterocycles. The molecule has 2 N–H and O–H groups in total. The summed E-state index contributed by atoms with van der Waals surface area (Å²) in [5.74, 6) is -0.281. The number of halogens is 1. The fourth-order valence-corrected chi connectivity index (χ4v) is 3.67. The van der Waals surface area contributed by atoms with Crippen LogP contribution in [0.2, 0.25) is 5.02 Å². The molecule has 0 aliphatic carbocycles. The van der Waals surface area contributed by atoms with Crippen LogP contribution in [0, 0.1) is 0 Å². The molecule has 0 aliphatic rings. The summed E-state index contributed by atoms with van der Waals surface area (Å²) in [5, 5.41) is 6.48. The van der Waals surface area contributed by atoms with Crippen LogP contribution in [0.1, 0.15) is 29.3 Å². The van der Waals surface area contributed by atoms with Crippen molar-refractivity contribution in [3.8, 4) is 0 Å². The number of thiocarbonyl (C=S) groups is 1. The Bertz CT molecular complexity index is 1090. The number of benzene rings is 3. The first-order chi connectivity index (χ1) is 15.5. The minimum Gasteiger partial charge on any atom is -0.332 e. The summed E-state index contributed by atoms with van der Waals surface area (Å²) in [6.45, 7) is 2.50. The highest BCUT2D eigenvalue weighted by Crippen LogP contribution is 2.18. The lowest BCUT2D eigenvalue weighted by molar-refractivity contribution is -0.119. The summed E-state index contributed by atoms with van der Waals surface area (Å²) in [4.78, 5) is 26.8. The molecule has 3 aromatic rings. The zero-order valence-electron chi connectivity index (χ0n) is 17.7. The number of carbonyl (C=O) groups excluding carboxylic acids is 2. The maximum atomic E-state index is 12.9. The first-order valence-electron chi connectivity index (χ1n) is 10.3. The minimum atomic E-state index is -0.198. The van der Waals surface area contributed by atoms with Crippen LogP contribution < -0.4 is 15.5 Å². The highest BCUT2D eigenvalue weighted by Gasteiger charge is 2.16. The topological polar surface area (TPSA) is 61.4 Å². The molecule has 0 bridgehead atoms. The van der Waals surface area contributed by atoms with Crippen molar-refractivity contribution in [3.05, 3.63) is 95.0 Å². The summed E-state index contributed by atoms with van der Waals surface area (Å²) in [6.07, 6.45) is 0.797. The molecule has 0 saturated heterocycles. The summed E-state index contributed by atoms with van der Waals surface area (Å²) in [6, 6.07) is 24.0. The number of anilines is 2. The van der Waals surface area contributed by atoms with Gasteiger partial charge in [0.05, 0.1) is 0 Å². The average molecular weight is 466 g/mol. The predicted molar refractivity (Wildman–Crippen MR) is 134 cm³/mol. The summed E-state index contributed by atoms with van der Waals surface area (Å²) in [5.41, 5.74) is 3.01. The molecule has 0 radical (unpaired) electrons. The maximum Gasteiger partial charge on any atom is 0.258 e. The largest absolute Gasteiger partial charge is 0.332 e.